The zero-order valence-corrected chi connectivity index (χ0v) is 19.9. The van der Waals surface area contributed by atoms with E-state index in [0.29, 0.717) is 19.5 Å². The Morgan fingerprint density at radius 3 is 2.18 bits per heavy atom. The number of nitrogens with zero attached hydrogens (tertiary/aromatic N) is 1. The van der Waals surface area contributed by atoms with Crippen molar-refractivity contribution in [3.8, 4) is 0 Å². The topological polar surface area (TPSA) is 49.4 Å². The van der Waals surface area contributed by atoms with E-state index in [1.54, 1.807) is 4.90 Å². The highest BCUT2D eigenvalue weighted by molar-refractivity contribution is 5.88. The summed E-state index contributed by atoms with van der Waals surface area (Å²) in [6, 6.07) is 25.4. The largest absolute Gasteiger partial charge is 0.354 e. The molecule has 0 saturated carbocycles. The fraction of sp³-hybridized carbons (Fsp3) is 0.310. The van der Waals surface area contributed by atoms with Crippen LogP contribution >= 0.6 is 0 Å². The van der Waals surface area contributed by atoms with Crippen LogP contribution in [0.2, 0.25) is 0 Å². The maximum atomic E-state index is 13.7. The lowest BCUT2D eigenvalue weighted by Gasteiger charge is -2.32. The smallest absolute Gasteiger partial charge is 0.243 e. The summed E-state index contributed by atoms with van der Waals surface area (Å²) in [4.78, 5) is 28.8. The van der Waals surface area contributed by atoms with Crippen molar-refractivity contribution in [1.29, 1.82) is 0 Å². The predicted octanol–water partition coefficient (Wildman–Crippen LogP) is 5.01. The fourth-order valence-electron chi connectivity index (χ4n) is 3.87. The van der Waals surface area contributed by atoms with Crippen molar-refractivity contribution in [3.63, 3.8) is 0 Å². The van der Waals surface area contributed by atoms with Crippen LogP contribution in [0.3, 0.4) is 0 Å². The quantitative estimate of drug-likeness (QED) is 0.480. The van der Waals surface area contributed by atoms with Crippen LogP contribution in [0.4, 0.5) is 0 Å². The van der Waals surface area contributed by atoms with Gasteiger partial charge in [0.1, 0.15) is 6.04 Å². The van der Waals surface area contributed by atoms with Gasteiger partial charge < -0.3 is 10.2 Å². The molecule has 3 rings (SSSR count). The molecule has 33 heavy (non-hydrogen) atoms. The average Bonchev–Trinajstić information content (AvgIpc) is 2.83. The second-order valence-electron chi connectivity index (χ2n) is 8.61. The SMILES string of the molecule is CCCNC(=O)C(Cc1ccccc1)N(Cc1ccccc1C)C(=O)Cc1ccc(C)cc1. The molecule has 1 atom stereocenters. The van der Waals surface area contributed by atoms with Gasteiger partial charge in [0.05, 0.1) is 6.42 Å². The van der Waals surface area contributed by atoms with Gasteiger partial charge in [-0.25, -0.2) is 0 Å². The van der Waals surface area contributed by atoms with Gasteiger partial charge in [0, 0.05) is 19.5 Å². The normalized spacial score (nSPS) is 11.6. The Kier molecular flexibility index (Phi) is 8.82. The number of aryl methyl sites for hydroxylation is 2. The Morgan fingerprint density at radius 2 is 1.52 bits per heavy atom. The molecule has 0 spiro atoms. The van der Waals surface area contributed by atoms with Crippen molar-refractivity contribution in [2.24, 2.45) is 0 Å². The van der Waals surface area contributed by atoms with Crippen molar-refractivity contribution >= 4 is 11.8 Å². The third-order valence-electron chi connectivity index (χ3n) is 5.90. The first kappa shape index (κ1) is 24.2. The molecule has 0 bridgehead atoms. The van der Waals surface area contributed by atoms with Crippen LogP contribution in [0, 0.1) is 13.8 Å². The van der Waals surface area contributed by atoms with Crippen LogP contribution in [0.5, 0.6) is 0 Å². The number of rotatable bonds is 10. The minimum Gasteiger partial charge on any atom is -0.354 e. The van der Waals surface area contributed by atoms with Crippen molar-refractivity contribution in [2.45, 2.75) is 52.6 Å². The third-order valence-corrected chi connectivity index (χ3v) is 5.90. The summed E-state index contributed by atoms with van der Waals surface area (Å²) in [5.74, 6) is -0.152. The molecule has 0 saturated heterocycles. The summed E-state index contributed by atoms with van der Waals surface area (Å²) in [5, 5.41) is 3.03. The minimum absolute atomic E-state index is 0.0466. The Morgan fingerprint density at radius 1 is 0.848 bits per heavy atom. The molecule has 0 aliphatic carbocycles. The van der Waals surface area contributed by atoms with E-state index >= 15 is 0 Å². The van der Waals surface area contributed by atoms with E-state index in [1.807, 2.05) is 99.6 Å². The number of nitrogens with one attached hydrogen (secondary N) is 1. The molecule has 0 aliphatic rings. The molecule has 2 amide bonds. The van der Waals surface area contributed by atoms with Crippen LogP contribution in [0.15, 0.2) is 78.9 Å². The molecular formula is C29H34N2O2. The molecule has 1 unspecified atom stereocenters. The molecule has 0 aromatic heterocycles. The molecular weight excluding hydrogens is 408 g/mol. The summed E-state index contributed by atoms with van der Waals surface area (Å²) < 4.78 is 0. The Labute approximate surface area is 197 Å². The number of carbonyl (C=O) groups excluding carboxylic acids is 2. The summed E-state index contributed by atoms with van der Waals surface area (Å²) in [6.07, 6.45) is 1.58. The van der Waals surface area contributed by atoms with Crippen molar-refractivity contribution in [3.05, 3.63) is 107 Å². The third kappa shape index (κ3) is 7.04. The monoisotopic (exact) mass is 442 g/mol. The first-order chi connectivity index (χ1) is 16.0. The second kappa shape index (κ2) is 12.0. The van der Waals surface area contributed by atoms with E-state index in [2.05, 4.69) is 5.32 Å². The van der Waals surface area contributed by atoms with E-state index < -0.39 is 6.04 Å². The summed E-state index contributed by atoms with van der Waals surface area (Å²) >= 11 is 0. The van der Waals surface area contributed by atoms with E-state index in [4.69, 9.17) is 0 Å². The summed E-state index contributed by atoms with van der Waals surface area (Å²) in [6.45, 7) is 7.09. The second-order valence-corrected chi connectivity index (χ2v) is 8.61. The maximum Gasteiger partial charge on any atom is 0.243 e. The molecule has 4 heteroatoms. The minimum atomic E-state index is -0.587. The van der Waals surface area contributed by atoms with E-state index in [-0.39, 0.29) is 18.2 Å². The Balaban J connectivity index is 1.95. The van der Waals surface area contributed by atoms with Crippen LogP contribution < -0.4 is 5.32 Å². The maximum absolute atomic E-state index is 13.7. The van der Waals surface area contributed by atoms with Crippen molar-refractivity contribution in [2.75, 3.05) is 6.54 Å². The van der Waals surface area contributed by atoms with E-state index in [1.165, 1.54) is 0 Å². The highest BCUT2D eigenvalue weighted by atomic mass is 16.2. The average molecular weight is 443 g/mol. The molecule has 3 aromatic rings. The highest BCUT2D eigenvalue weighted by Gasteiger charge is 2.30. The molecule has 0 radical (unpaired) electrons. The molecule has 1 N–H and O–H groups in total. The van der Waals surface area contributed by atoms with Gasteiger partial charge in [0.2, 0.25) is 11.8 Å². The molecule has 4 nitrogen and oxygen atoms in total. The lowest BCUT2D eigenvalue weighted by Crippen LogP contribution is -2.51. The van der Waals surface area contributed by atoms with Crippen LogP contribution in [0.1, 0.15) is 41.2 Å². The summed E-state index contributed by atoms with van der Waals surface area (Å²) in [5.41, 5.74) is 5.30. The predicted molar refractivity (Wildman–Crippen MR) is 134 cm³/mol. The van der Waals surface area contributed by atoms with Crippen LogP contribution in [0.25, 0.3) is 0 Å². The van der Waals surface area contributed by atoms with Gasteiger partial charge >= 0.3 is 0 Å². The van der Waals surface area contributed by atoms with Crippen LogP contribution in [-0.4, -0.2) is 29.3 Å². The summed E-state index contributed by atoms with van der Waals surface area (Å²) in [7, 11) is 0. The molecule has 0 aliphatic heterocycles. The highest BCUT2D eigenvalue weighted by Crippen LogP contribution is 2.18. The van der Waals surface area contributed by atoms with Crippen molar-refractivity contribution < 1.29 is 9.59 Å². The molecule has 172 valence electrons. The zero-order chi connectivity index (χ0) is 23.6. The van der Waals surface area contributed by atoms with Crippen LogP contribution in [-0.2, 0) is 29.0 Å². The van der Waals surface area contributed by atoms with Gasteiger partial charge in [-0.05, 0) is 42.5 Å². The van der Waals surface area contributed by atoms with Gasteiger partial charge in [-0.15, -0.1) is 0 Å². The van der Waals surface area contributed by atoms with Gasteiger partial charge in [-0.2, -0.15) is 0 Å². The number of amides is 2. The number of hydrogen-bond donors (Lipinski definition) is 1. The first-order valence-electron chi connectivity index (χ1n) is 11.7. The Hall–Kier alpha value is -3.40. The number of hydrogen-bond acceptors (Lipinski definition) is 2. The fourth-order valence-corrected chi connectivity index (χ4v) is 3.87. The van der Waals surface area contributed by atoms with Crippen molar-refractivity contribution in [1.82, 2.24) is 10.2 Å². The van der Waals surface area contributed by atoms with E-state index in [0.717, 1.165) is 34.2 Å². The number of carbonyl (C=O) groups is 2. The lowest BCUT2D eigenvalue weighted by atomic mass is 10.00. The molecule has 0 heterocycles. The van der Waals surface area contributed by atoms with Gasteiger partial charge in [-0.3, -0.25) is 9.59 Å². The van der Waals surface area contributed by atoms with Gasteiger partial charge in [-0.1, -0.05) is 91.3 Å². The van der Waals surface area contributed by atoms with E-state index in [9.17, 15) is 9.59 Å². The Bertz CT molecular complexity index is 1040. The number of benzene rings is 3. The first-order valence-corrected chi connectivity index (χ1v) is 11.7. The van der Waals surface area contributed by atoms with Gasteiger partial charge in [0.25, 0.3) is 0 Å². The molecule has 3 aromatic carbocycles. The zero-order valence-electron chi connectivity index (χ0n) is 19.9. The molecule has 0 fully saturated rings. The van der Waals surface area contributed by atoms with Gasteiger partial charge in [0.15, 0.2) is 0 Å². The lowest BCUT2D eigenvalue weighted by molar-refractivity contribution is -0.140. The standard InChI is InChI=1S/C29H34N2O2/c1-4-18-30-29(33)27(19-24-11-6-5-7-12-24)31(21-26-13-9-8-10-23(26)3)28(32)20-25-16-14-22(2)15-17-25/h5-17,27H,4,18-21H2,1-3H3,(H,30,33).